The van der Waals surface area contributed by atoms with E-state index in [0.29, 0.717) is 4.21 Å². The van der Waals surface area contributed by atoms with Crippen LogP contribution in [0.3, 0.4) is 0 Å². The Morgan fingerprint density at radius 1 is 1.33 bits per heavy atom. The van der Waals surface area contributed by atoms with Gasteiger partial charge >= 0.3 is 11.9 Å². The Morgan fingerprint density at radius 3 is 2.50 bits per heavy atom. The number of ether oxygens (including phenoxy) is 2. The van der Waals surface area contributed by atoms with E-state index in [9.17, 15) is 9.59 Å². The Balaban J connectivity index is 3.23. The molecule has 0 fully saturated rings. The van der Waals surface area contributed by atoms with Crippen LogP contribution in [-0.4, -0.2) is 31.4 Å². The third kappa shape index (κ3) is 2.97. The molecular formula is C11H15NO4S2. The van der Waals surface area contributed by atoms with Gasteiger partial charge in [0.2, 0.25) is 0 Å². The maximum atomic E-state index is 11.7. The fraction of sp³-hybridized carbons (Fsp3) is 0.455. The number of nitrogens with two attached hydrogens (primary N) is 1. The highest BCUT2D eigenvalue weighted by Crippen LogP contribution is 2.38. The standard InChI is InChI=1S/C11H15NO4S2/c1-4-16-10(14)8-7(12)6(9(13)15-3)11(18-8)17-5-2/h4-5,12H2,1-3H3. The molecule has 2 N–H and O–H groups in total. The minimum absolute atomic E-state index is 0.140. The van der Waals surface area contributed by atoms with E-state index in [1.165, 1.54) is 30.2 Å². The van der Waals surface area contributed by atoms with E-state index in [-0.39, 0.29) is 22.7 Å². The highest BCUT2D eigenvalue weighted by atomic mass is 32.2. The predicted molar refractivity (Wildman–Crippen MR) is 72.4 cm³/mol. The Bertz CT molecular complexity index is 456. The van der Waals surface area contributed by atoms with Crippen molar-refractivity contribution < 1.29 is 19.1 Å². The second-order valence-electron chi connectivity index (χ2n) is 3.15. The lowest BCUT2D eigenvalue weighted by molar-refractivity contribution is 0.0533. The molecule has 0 aliphatic heterocycles. The van der Waals surface area contributed by atoms with Crippen molar-refractivity contribution in [2.24, 2.45) is 0 Å². The summed E-state index contributed by atoms with van der Waals surface area (Å²) in [5.74, 6) is -0.269. The van der Waals surface area contributed by atoms with E-state index in [1.54, 1.807) is 6.92 Å². The molecule has 0 aliphatic rings. The molecule has 0 spiro atoms. The normalized spacial score (nSPS) is 10.2. The summed E-state index contributed by atoms with van der Waals surface area (Å²) in [6, 6.07) is 0. The van der Waals surface area contributed by atoms with Crippen LogP contribution in [0.1, 0.15) is 33.9 Å². The minimum Gasteiger partial charge on any atom is -0.465 e. The van der Waals surface area contributed by atoms with Crippen LogP contribution in [0.5, 0.6) is 0 Å². The average Bonchev–Trinajstić information content (AvgIpc) is 2.66. The molecule has 0 bridgehead atoms. The molecule has 0 unspecified atom stereocenters. The summed E-state index contributed by atoms with van der Waals surface area (Å²) >= 11 is 2.61. The van der Waals surface area contributed by atoms with Crippen LogP contribution in [0.4, 0.5) is 5.69 Å². The van der Waals surface area contributed by atoms with Gasteiger partial charge in [-0.1, -0.05) is 6.92 Å². The number of thioether (sulfide) groups is 1. The lowest BCUT2D eigenvalue weighted by atomic mass is 10.2. The molecule has 100 valence electrons. The number of rotatable bonds is 5. The Kier molecular flexibility index (Phi) is 5.49. The molecule has 0 saturated carbocycles. The number of carbonyl (C=O) groups excluding carboxylic acids is 2. The van der Waals surface area contributed by atoms with Gasteiger partial charge in [0.15, 0.2) is 0 Å². The molecule has 0 atom stereocenters. The zero-order valence-corrected chi connectivity index (χ0v) is 12.1. The van der Waals surface area contributed by atoms with Gasteiger partial charge in [-0.3, -0.25) is 0 Å². The monoisotopic (exact) mass is 289 g/mol. The molecule has 18 heavy (non-hydrogen) atoms. The van der Waals surface area contributed by atoms with E-state index in [1.807, 2.05) is 6.92 Å². The van der Waals surface area contributed by atoms with Gasteiger partial charge in [-0.25, -0.2) is 9.59 Å². The van der Waals surface area contributed by atoms with Crippen LogP contribution in [-0.2, 0) is 9.47 Å². The fourth-order valence-corrected chi connectivity index (χ4v) is 3.57. The van der Waals surface area contributed by atoms with Crippen molar-refractivity contribution in [2.45, 2.75) is 18.1 Å². The molecule has 1 heterocycles. The highest BCUT2D eigenvalue weighted by molar-refractivity contribution is 8.01. The molecule has 0 amide bonds. The van der Waals surface area contributed by atoms with Crippen molar-refractivity contribution in [3.63, 3.8) is 0 Å². The van der Waals surface area contributed by atoms with Gasteiger partial charge in [0, 0.05) is 0 Å². The second-order valence-corrected chi connectivity index (χ2v) is 5.71. The summed E-state index contributed by atoms with van der Waals surface area (Å²) < 4.78 is 10.3. The van der Waals surface area contributed by atoms with Gasteiger partial charge in [-0.05, 0) is 12.7 Å². The molecule has 0 saturated heterocycles. The molecule has 1 rings (SSSR count). The quantitative estimate of drug-likeness (QED) is 0.662. The molecule has 7 heteroatoms. The molecule has 1 aromatic heterocycles. The third-order valence-corrected chi connectivity index (χ3v) is 4.38. The van der Waals surface area contributed by atoms with Crippen LogP contribution in [0.25, 0.3) is 0 Å². The smallest absolute Gasteiger partial charge is 0.350 e. The topological polar surface area (TPSA) is 78.6 Å². The lowest BCUT2D eigenvalue weighted by Gasteiger charge is -2.02. The van der Waals surface area contributed by atoms with Gasteiger partial charge in [0.05, 0.1) is 23.6 Å². The number of methoxy groups -OCH3 is 1. The van der Waals surface area contributed by atoms with Gasteiger partial charge in [-0.2, -0.15) is 0 Å². The predicted octanol–water partition coefficient (Wildman–Crippen LogP) is 2.41. The van der Waals surface area contributed by atoms with Crippen molar-refractivity contribution in [1.82, 2.24) is 0 Å². The van der Waals surface area contributed by atoms with E-state index in [4.69, 9.17) is 10.5 Å². The van der Waals surface area contributed by atoms with Crippen molar-refractivity contribution in [2.75, 3.05) is 25.2 Å². The fourth-order valence-electron chi connectivity index (χ4n) is 1.30. The number of anilines is 1. The van der Waals surface area contributed by atoms with E-state index >= 15 is 0 Å². The summed E-state index contributed by atoms with van der Waals surface area (Å²) in [6.07, 6.45) is 0. The first-order chi connectivity index (χ1) is 8.56. The van der Waals surface area contributed by atoms with Crippen molar-refractivity contribution >= 4 is 40.7 Å². The molecule has 0 aromatic carbocycles. The first-order valence-electron chi connectivity index (χ1n) is 5.37. The summed E-state index contributed by atoms with van der Waals surface area (Å²) in [4.78, 5) is 23.6. The zero-order valence-electron chi connectivity index (χ0n) is 10.4. The van der Waals surface area contributed by atoms with Crippen LogP contribution >= 0.6 is 23.1 Å². The number of carbonyl (C=O) groups is 2. The number of hydrogen-bond donors (Lipinski definition) is 1. The molecule has 1 aromatic rings. The summed E-state index contributed by atoms with van der Waals surface area (Å²) in [6.45, 7) is 3.93. The van der Waals surface area contributed by atoms with Crippen LogP contribution < -0.4 is 5.73 Å². The summed E-state index contributed by atoms with van der Waals surface area (Å²) in [7, 11) is 1.28. The maximum absolute atomic E-state index is 11.7. The summed E-state index contributed by atoms with van der Waals surface area (Å²) in [5, 5.41) is 0. The van der Waals surface area contributed by atoms with Crippen molar-refractivity contribution in [3.05, 3.63) is 10.4 Å². The molecule has 5 nitrogen and oxygen atoms in total. The number of thiophene rings is 1. The van der Waals surface area contributed by atoms with Gasteiger partial charge in [-0.15, -0.1) is 23.1 Å². The van der Waals surface area contributed by atoms with Crippen LogP contribution in [0, 0.1) is 0 Å². The molecular weight excluding hydrogens is 274 g/mol. The van der Waals surface area contributed by atoms with Gasteiger partial charge in [0.25, 0.3) is 0 Å². The lowest BCUT2D eigenvalue weighted by Crippen LogP contribution is -2.08. The largest absolute Gasteiger partial charge is 0.465 e. The highest BCUT2D eigenvalue weighted by Gasteiger charge is 2.26. The molecule has 0 radical (unpaired) electrons. The van der Waals surface area contributed by atoms with Crippen LogP contribution in [0.15, 0.2) is 4.21 Å². The zero-order chi connectivity index (χ0) is 13.7. The summed E-state index contributed by atoms with van der Waals surface area (Å²) in [5.41, 5.74) is 6.24. The SMILES string of the molecule is CCOC(=O)c1sc(SCC)c(C(=O)OC)c1N. The number of nitrogen functional groups attached to an aromatic ring is 1. The Morgan fingerprint density at radius 2 is 2.00 bits per heavy atom. The maximum Gasteiger partial charge on any atom is 0.350 e. The second kappa shape index (κ2) is 6.65. The van der Waals surface area contributed by atoms with E-state index < -0.39 is 11.9 Å². The third-order valence-electron chi connectivity index (χ3n) is 2.04. The molecule has 0 aliphatic carbocycles. The Labute approximate surface area is 114 Å². The van der Waals surface area contributed by atoms with Crippen molar-refractivity contribution in [1.29, 1.82) is 0 Å². The van der Waals surface area contributed by atoms with E-state index in [2.05, 4.69) is 4.74 Å². The minimum atomic E-state index is -0.532. The first-order valence-corrected chi connectivity index (χ1v) is 7.17. The van der Waals surface area contributed by atoms with Crippen molar-refractivity contribution in [3.8, 4) is 0 Å². The van der Waals surface area contributed by atoms with Crippen LogP contribution in [0.2, 0.25) is 0 Å². The number of hydrogen-bond acceptors (Lipinski definition) is 7. The average molecular weight is 289 g/mol. The Hall–Kier alpha value is -1.21. The van der Waals surface area contributed by atoms with Gasteiger partial charge in [0.1, 0.15) is 10.4 Å². The van der Waals surface area contributed by atoms with E-state index in [0.717, 1.165) is 5.75 Å². The first kappa shape index (κ1) is 14.8. The number of esters is 2. The van der Waals surface area contributed by atoms with Gasteiger partial charge < -0.3 is 15.2 Å².